The van der Waals surface area contributed by atoms with Crippen LogP contribution in [0.2, 0.25) is 0 Å². The van der Waals surface area contributed by atoms with Gasteiger partial charge in [-0.1, -0.05) is 0 Å². The lowest BCUT2D eigenvalue weighted by molar-refractivity contribution is 0.0593. The molecule has 5 nitrogen and oxygen atoms in total. The van der Waals surface area contributed by atoms with E-state index in [1.54, 1.807) is 10.2 Å². The molecule has 0 radical (unpaired) electrons. The Morgan fingerprint density at radius 2 is 2.35 bits per heavy atom. The third kappa shape index (κ3) is 2.20. The zero-order valence-corrected chi connectivity index (χ0v) is 13.4. The average molecular weight is 399 g/mol. The molecule has 0 saturated heterocycles. The number of nitrogens with one attached hydrogen (secondary N) is 1. The van der Waals surface area contributed by atoms with E-state index in [-0.39, 0.29) is 5.97 Å². The number of ether oxygens (including phenoxy) is 1. The molecular weight excluding hydrogens is 389 g/mol. The second kappa shape index (κ2) is 5.49. The van der Waals surface area contributed by atoms with Crippen LogP contribution in [0.25, 0.3) is 22.2 Å². The van der Waals surface area contributed by atoms with Gasteiger partial charge in [-0.05, 0) is 23.8 Å². The fourth-order valence-corrected chi connectivity index (χ4v) is 3.45. The van der Waals surface area contributed by atoms with Gasteiger partial charge in [0.25, 0.3) is 0 Å². The van der Waals surface area contributed by atoms with Gasteiger partial charge in [-0.2, -0.15) is 0 Å². The van der Waals surface area contributed by atoms with Gasteiger partial charge in [-0.3, -0.25) is 3.97 Å². The van der Waals surface area contributed by atoms with Crippen molar-refractivity contribution >= 4 is 47.3 Å². The number of H-pyrrole nitrogens is 1. The molecule has 20 heavy (non-hydrogen) atoms. The number of pyridine rings is 1. The Morgan fingerprint density at radius 1 is 1.50 bits per heavy atom. The van der Waals surface area contributed by atoms with Crippen LogP contribution in [0.5, 0.6) is 0 Å². The van der Waals surface area contributed by atoms with Crippen molar-refractivity contribution in [1.29, 1.82) is 0 Å². The summed E-state index contributed by atoms with van der Waals surface area (Å²) in [6.45, 7) is 0. The maximum atomic E-state index is 11.8. The Balaban J connectivity index is 2.17. The Morgan fingerprint density at radius 3 is 3.10 bits per heavy atom. The van der Waals surface area contributed by atoms with Crippen LogP contribution in [-0.2, 0) is 4.74 Å². The van der Waals surface area contributed by atoms with Gasteiger partial charge < -0.3 is 9.72 Å². The Hall–Kier alpha value is -1.48. The molecule has 0 fully saturated rings. The smallest absolute Gasteiger partial charge is 0.355 e. The van der Waals surface area contributed by atoms with Crippen molar-refractivity contribution in [3.63, 3.8) is 0 Å². The Kier molecular flexibility index (Phi) is 3.70. The predicted octanol–water partition coefficient (Wildman–Crippen LogP) is 3.66. The molecule has 0 unspecified atom stereocenters. The summed E-state index contributed by atoms with van der Waals surface area (Å²) >= 11 is 2.13. The molecule has 3 aromatic rings. The minimum Gasteiger partial charge on any atom is -0.464 e. The molecule has 0 aromatic carbocycles. The number of nitrogens with zero attached hydrogens (tertiary/aromatic N) is 2. The maximum Gasteiger partial charge on any atom is 0.355 e. The number of hydrogen-bond acceptors (Lipinski definition) is 4. The Bertz CT molecular complexity index is 781. The van der Waals surface area contributed by atoms with Crippen molar-refractivity contribution in [2.45, 2.75) is 0 Å². The van der Waals surface area contributed by atoms with Crippen LogP contribution in [0.1, 0.15) is 10.5 Å². The third-order valence-electron chi connectivity index (χ3n) is 3.03. The number of rotatable bonds is 3. The van der Waals surface area contributed by atoms with Crippen molar-refractivity contribution in [2.24, 2.45) is 0 Å². The molecule has 0 amide bonds. The third-order valence-corrected chi connectivity index (χ3v) is 4.75. The molecule has 0 aliphatic heterocycles. The van der Waals surface area contributed by atoms with Gasteiger partial charge in [0, 0.05) is 59.9 Å². The number of hydrogen-bond donors (Lipinski definition) is 1. The van der Waals surface area contributed by atoms with Crippen molar-refractivity contribution in [3.8, 4) is 11.1 Å². The number of carbonyl (C=O) groups is 1. The molecule has 3 rings (SSSR count). The van der Waals surface area contributed by atoms with Crippen LogP contribution < -0.4 is 0 Å². The standard InChI is InChI=1S/C13H10IN3O2S/c1-19-13(18)11-6-8(7-17(11)20-14)9-2-4-15-12-10(9)3-5-16-12/h2-7H,1H3,(H,15,16). The van der Waals surface area contributed by atoms with Gasteiger partial charge in [-0.25, -0.2) is 9.78 Å². The number of methoxy groups -OCH3 is 1. The summed E-state index contributed by atoms with van der Waals surface area (Å²) in [5, 5.41) is 1.03. The van der Waals surface area contributed by atoms with Crippen molar-refractivity contribution < 1.29 is 9.53 Å². The number of carbonyl (C=O) groups excluding carboxylic acids is 1. The quantitative estimate of drug-likeness (QED) is 0.540. The predicted molar refractivity (Wildman–Crippen MR) is 87.9 cm³/mol. The maximum absolute atomic E-state index is 11.8. The fraction of sp³-hybridized carbons (Fsp3) is 0.0769. The lowest BCUT2D eigenvalue weighted by Gasteiger charge is -2.00. The molecule has 102 valence electrons. The second-order valence-corrected chi connectivity index (χ2v) is 5.81. The topological polar surface area (TPSA) is 59.9 Å². The molecule has 0 saturated carbocycles. The first-order valence-corrected chi connectivity index (χ1v) is 9.08. The summed E-state index contributed by atoms with van der Waals surface area (Å²) in [4.78, 5) is 19.1. The summed E-state index contributed by atoms with van der Waals surface area (Å²) in [6.07, 6.45) is 5.53. The summed E-state index contributed by atoms with van der Waals surface area (Å²) in [7, 11) is 2.81. The summed E-state index contributed by atoms with van der Waals surface area (Å²) in [6, 6.07) is 5.75. The van der Waals surface area contributed by atoms with E-state index in [0.717, 1.165) is 22.2 Å². The van der Waals surface area contributed by atoms with Gasteiger partial charge in [0.05, 0.1) is 7.11 Å². The van der Waals surface area contributed by atoms with Crippen LogP contribution in [0.15, 0.2) is 36.8 Å². The van der Waals surface area contributed by atoms with Crippen molar-refractivity contribution in [2.75, 3.05) is 7.11 Å². The van der Waals surface area contributed by atoms with Gasteiger partial charge in [0.15, 0.2) is 0 Å². The van der Waals surface area contributed by atoms with Crippen molar-refractivity contribution in [3.05, 3.63) is 42.5 Å². The summed E-state index contributed by atoms with van der Waals surface area (Å²) in [5.74, 6) is -0.347. The zero-order valence-electron chi connectivity index (χ0n) is 10.5. The summed E-state index contributed by atoms with van der Waals surface area (Å²) in [5.41, 5.74) is 3.34. The van der Waals surface area contributed by atoms with E-state index in [2.05, 4.69) is 31.2 Å². The van der Waals surface area contributed by atoms with E-state index < -0.39 is 0 Å². The van der Waals surface area contributed by atoms with Crippen LogP contribution in [0.3, 0.4) is 0 Å². The first-order chi connectivity index (χ1) is 9.74. The van der Waals surface area contributed by atoms with E-state index in [1.165, 1.54) is 16.2 Å². The lowest BCUT2D eigenvalue weighted by atomic mass is 10.1. The molecule has 0 aliphatic rings. The number of fused-ring (bicyclic) bond motifs is 1. The molecule has 0 atom stereocenters. The number of aromatic nitrogens is 3. The monoisotopic (exact) mass is 399 g/mol. The van der Waals surface area contributed by atoms with Gasteiger partial charge in [-0.15, -0.1) is 0 Å². The highest BCUT2D eigenvalue weighted by Crippen LogP contribution is 2.31. The first-order valence-electron chi connectivity index (χ1n) is 5.77. The first kappa shape index (κ1) is 13.5. The molecule has 0 aliphatic carbocycles. The van der Waals surface area contributed by atoms with Crippen molar-refractivity contribution in [1.82, 2.24) is 13.9 Å². The molecule has 7 heteroatoms. The highest BCUT2D eigenvalue weighted by Gasteiger charge is 2.16. The average Bonchev–Trinajstić information content (AvgIpc) is 3.12. The van der Waals surface area contributed by atoms with E-state index in [9.17, 15) is 4.79 Å². The normalized spacial score (nSPS) is 10.9. The molecule has 0 spiro atoms. The van der Waals surface area contributed by atoms with Crippen LogP contribution in [0.4, 0.5) is 0 Å². The van der Waals surface area contributed by atoms with Gasteiger partial charge in [0.2, 0.25) is 0 Å². The van der Waals surface area contributed by atoms with Gasteiger partial charge >= 0.3 is 5.97 Å². The largest absolute Gasteiger partial charge is 0.464 e. The van der Waals surface area contributed by atoms with Gasteiger partial charge in [0.1, 0.15) is 11.3 Å². The number of esters is 1. The molecule has 0 bridgehead atoms. The minimum absolute atomic E-state index is 0.347. The molecular formula is C13H10IN3O2S. The van der Waals surface area contributed by atoms with Crippen LogP contribution in [0, 0.1) is 0 Å². The van der Waals surface area contributed by atoms with Crippen LogP contribution in [-0.4, -0.2) is 27.0 Å². The lowest BCUT2D eigenvalue weighted by Crippen LogP contribution is -2.04. The minimum atomic E-state index is -0.347. The fourth-order valence-electron chi connectivity index (χ4n) is 2.11. The van der Waals surface area contributed by atoms with E-state index in [1.807, 2.05) is 30.6 Å². The van der Waals surface area contributed by atoms with E-state index >= 15 is 0 Å². The Labute approximate surface area is 131 Å². The highest BCUT2D eigenvalue weighted by molar-refractivity contribution is 14.2. The van der Waals surface area contributed by atoms with E-state index in [0.29, 0.717) is 5.69 Å². The number of aromatic amines is 1. The molecule has 3 heterocycles. The van der Waals surface area contributed by atoms with Crippen LogP contribution >= 0.6 is 30.3 Å². The SMILES string of the molecule is COC(=O)c1cc(-c2ccnc3[nH]ccc23)cn1SI. The number of halogens is 1. The second-order valence-electron chi connectivity index (χ2n) is 4.10. The molecule has 3 aromatic heterocycles. The van der Waals surface area contributed by atoms with E-state index in [4.69, 9.17) is 4.74 Å². The highest BCUT2D eigenvalue weighted by atomic mass is 127. The molecule has 1 N–H and O–H groups in total. The zero-order chi connectivity index (χ0) is 14.1. The summed E-state index contributed by atoms with van der Waals surface area (Å²) < 4.78 is 6.60.